The molecule has 0 bridgehead atoms. The van der Waals surface area contributed by atoms with Crippen molar-refractivity contribution in [2.45, 2.75) is 13.1 Å². The zero-order valence-electron chi connectivity index (χ0n) is 10.4. The minimum absolute atomic E-state index is 0.0209. The van der Waals surface area contributed by atoms with Gasteiger partial charge in [0.1, 0.15) is 17.2 Å². The highest BCUT2D eigenvalue weighted by Gasteiger charge is 2.17. The number of nitrogens with zero attached hydrogens (tertiary/aromatic N) is 4. The summed E-state index contributed by atoms with van der Waals surface area (Å²) < 4.78 is 5.82. The van der Waals surface area contributed by atoms with Crippen molar-refractivity contribution in [3.8, 4) is 0 Å². The first-order valence-electron chi connectivity index (χ1n) is 5.59. The highest BCUT2D eigenvalue weighted by Crippen LogP contribution is 2.15. The second-order valence-electron chi connectivity index (χ2n) is 3.88. The fourth-order valence-electron chi connectivity index (χ4n) is 1.44. The average molecular weight is 295 g/mol. The maximum atomic E-state index is 11.7. The second kappa shape index (κ2) is 5.81. The Morgan fingerprint density at radius 3 is 2.86 bits per heavy atom. The Balaban J connectivity index is 1.92. The Morgan fingerprint density at radius 2 is 2.24 bits per heavy atom. The fraction of sp³-hybridized carbons (Fsp3) is 0.200. The van der Waals surface area contributed by atoms with Crippen LogP contribution >= 0.6 is 0 Å². The summed E-state index contributed by atoms with van der Waals surface area (Å²) in [4.78, 5) is 31.8. The van der Waals surface area contributed by atoms with Crippen molar-refractivity contribution in [1.29, 1.82) is 0 Å². The molecule has 2 aromatic rings. The van der Waals surface area contributed by atoms with Crippen LogP contribution in [0.1, 0.15) is 16.2 Å². The van der Waals surface area contributed by atoms with Crippen LogP contribution < -0.4 is 5.32 Å². The number of rotatable bonds is 6. The van der Waals surface area contributed by atoms with Gasteiger partial charge in [0.05, 0.1) is 18.8 Å². The lowest BCUT2D eigenvalue weighted by Crippen LogP contribution is -2.22. The molecular weight excluding hydrogens is 286 g/mol. The molecule has 0 aliphatic carbocycles. The van der Waals surface area contributed by atoms with Crippen LogP contribution in [0.5, 0.6) is 0 Å². The van der Waals surface area contributed by atoms with E-state index in [2.05, 4.69) is 15.6 Å². The van der Waals surface area contributed by atoms with Crippen LogP contribution in [0.4, 0.5) is 5.88 Å². The first-order valence-corrected chi connectivity index (χ1v) is 5.59. The summed E-state index contributed by atoms with van der Waals surface area (Å²) in [5.74, 6) is -2.47. The number of amides is 1. The van der Waals surface area contributed by atoms with Crippen LogP contribution in [0.25, 0.3) is 0 Å². The Morgan fingerprint density at radius 1 is 1.48 bits per heavy atom. The van der Waals surface area contributed by atoms with Crippen molar-refractivity contribution in [3.63, 3.8) is 0 Å². The van der Waals surface area contributed by atoms with E-state index in [1.165, 1.54) is 12.3 Å². The lowest BCUT2D eigenvalue weighted by molar-refractivity contribution is -0.402. The molecule has 0 aliphatic heterocycles. The molecule has 0 saturated carbocycles. The quantitative estimate of drug-likeness (QED) is 0.548. The molecule has 2 heterocycles. The number of carbonyl (C=O) groups is 2. The molecule has 0 aromatic carbocycles. The van der Waals surface area contributed by atoms with Crippen LogP contribution in [0.3, 0.4) is 0 Å². The summed E-state index contributed by atoms with van der Waals surface area (Å²) in [7, 11) is 0. The van der Waals surface area contributed by atoms with Crippen molar-refractivity contribution >= 4 is 17.8 Å². The Hall–Kier alpha value is -3.24. The minimum atomic E-state index is -1.07. The number of aliphatic carboxylic acids is 1. The van der Waals surface area contributed by atoms with Gasteiger partial charge in [-0.05, 0) is 6.07 Å². The maximum Gasteiger partial charge on any atom is 0.433 e. The van der Waals surface area contributed by atoms with Crippen LogP contribution in [0.15, 0.2) is 22.7 Å². The summed E-state index contributed by atoms with van der Waals surface area (Å²) in [5.41, 5.74) is 0.339. The summed E-state index contributed by atoms with van der Waals surface area (Å²) in [6.45, 7) is -0.363. The minimum Gasteiger partial charge on any atom is -0.480 e. The van der Waals surface area contributed by atoms with E-state index in [0.29, 0.717) is 5.69 Å². The molecule has 0 atom stereocenters. The fourth-order valence-corrected chi connectivity index (χ4v) is 1.44. The third-order valence-electron chi connectivity index (χ3n) is 2.31. The van der Waals surface area contributed by atoms with E-state index in [-0.39, 0.29) is 18.8 Å². The van der Waals surface area contributed by atoms with Gasteiger partial charge in [0.25, 0.3) is 5.91 Å². The van der Waals surface area contributed by atoms with Crippen molar-refractivity contribution in [2.75, 3.05) is 0 Å². The van der Waals surface area contributed by atoms with Crippen molar-refractivity contribution in [1.82, 2.24) is 20.3 Å². The van der Waals surface area contributed by atoms with Crippen molar-refractivity contribution in [3.05, 3.63) is 39.9 Å². The number of hydrogen-bond donors (Lipinski definition) is 2. The highest BCUT2D eigenvalue weighted by atomic mass is 16.6. The van der Waals surface area contributed by atoms with Gasteiger partial charge in [-0.2, -0.15) is 0 Å². The van der Waals surface area contributed by atoms with Gasteiger partial charge in [-0.15, -0.1) is 5.10 Å². The van der Waals surface area contributed by atoms with E-state index < -0.39 is 22.7 Å². The van der Waals surface area contributed by atoms with Gasteiger partial charge in [0.15, 0.2) is 5.76 Å². The number of carboxylic acid groups (broad SMARTS) is 1. The molecule has 0 unspecified atom stereocenters. The highest BCUT2D eigenvalue weighted by molar-refractivity contribution is 5.91. The van der Waals surface area contributed by atoms with Crippen LogP contribution in [0, 0.1) is 10.1 Å². The maximum absolute atomic E-state index is 11.7. The van der Waals surface area contributed by atoms with Gasteiger partial charge < -0.3 is 14.8 Å². The average Bonchev–Trinajstić information content (AvgIpc) is 3.04. The number of furan rings is 1. The Bertz CT molecular complexity index is 690. The number of nitro groups is 1. The van der Waals surface area contributed by atoms with Crippen LogP contribution in [-0.4, -0.2) is 36.9 Å². The Kier molecular flexibility index (Phi) is 3.92. The van der Waals surface area contributed by atoms with Crippen molar-refractivity contribution < 1.29 is 24.0 Å². The summed E-state index contributed by atoms with van der Waals surface area (Å²) >= 11 is 0. The molecule has 0 fully saturated rings. The predicted octanol–water partition coefficient (Wildman–Crippen LogP) is -0.206. The predicted molar refractivity (Wildman–Crippen MR) is 64.2 cm³/mol. The summed E-state index contributed by atoms with van der Waals surface area (Å²) in [5, 5.41) is 28.6. The SMILES string of the molecule is O=C(O)Cn1cc(CNC(=O)c2ccc([N+](=O)[O-])o2)nn1. The molecule has 2 rings (SSSR count). The summed E-state index contributed by atoms with van der Waals surface area (Å²) in [6, 6.07) is 2.24. The number of aromatic nitrogens is 3. The van der Waals surface area contributed by atoms with Crippen LogP contribution in [0.2, 0.25) is 0 Å². The third kappa shape index (κ3) is 3.62. The van der Waals surface area contributed by atoms with Gasteiger partial charge in [-0.1, -0.05) is 5.21 Å². The Labute approximate surface area is 116 Å². The van der Waals surface area contributed by atoms with E-state index in [1.54, 1.807) is 0 Å². The van der Waals surface area contributed by atoms with Gasteiger partial charge in [-0.25, -0.2) is 4.68 Å². The molecule has 11 nitrogen and oxygen atoms in total. The van der Waals surface area contributed by atoms with Gasteiger partial charge in [0.2, 0.25) is 0 Å². The number of hydrogen-bond acceptors (Lipinski definition) is 7. The van der Waals surface area contributed by atoms with Crippen molar-refractivity contribution in [2.24, 2.45) is 0 Å². The molecule has 110 valence electrons. The molecule has 0 saturated heterocycles. The summed E-state index contributed by atoms with van der Waals surface area (Å²) in [6.07, 6.45) is 1.36. The zero-order valence-corrected chi connectivity index (χ0v) is 10.4. The normalized spacial score (nSPS) is 10.3. The first-order chi connectivity index (χ1) is 9.95. The topological polar surface area (TPSA) is 153 Å². The van der Waals surface area contributed by atoms with E-state index in [0.717, 1.165) is 10.7 Å². The van der Waals surface area contributed by atoms with E-state index in [4.69, 9.17) is 9.52 Å². The molecular formula is C10H9N5O6. The first kappa shape index (κ1) is 14.2. The lowest BCUT2D eigenvalue weighted by atomic mass is 10.4. The van der Waals surface area contributed by atoms with Gasteiger partial charge in [-0.3, -0.25) is 19.7 Å². The molecule has 0 spiro atoms. The smallest absolute Gasteiger partial charge is 0.433 e. The number of nitrogens with one attached hydrogen (secondary N) is 1. The standard InChI is InChI=1S/C10H9N5O6/c16-9(17)5-14-4-6(12-13-14)3-11-10(18)7-1-2-8(21-7)15(19)20/h1-2,4H,3,5H2,(H,11,18)(H,16,17). The van der Waals surface area contributed by atoms with E-state index in [1.807, 2.05) is 0 Å². The third-order valence-corrected chi connectivity index (χ3v) is 2.31. The van der Waals surface area contributed by atoms with Gasteiger partial charge in [0, 0.05) is 0 Å². The molecule has 21 heavy (non-hydrogen) atoms. The van der Waals surface area contributed by atoms with E-state index in [9.17, 15) is 19.7 Å². The second-order valence-corrected chi connectivity index (χ2v) is 3.88. The molecule has 2 N–H and O–H groups in total. The molecule has 1 amide bonds. The van der Waals surface area contributed by atoms with E-state index >= 15 is 0 Å². The zero-order chi connectivity index (χ0) is 15.4. The molecule has 11 heteroatoms. The molecule has 0 aliphatic rings. The monoisotopic (exact) mass is 295 g/mol. The largest absolute Gasteiger partial charge is 0.480 e. The number of carbonyl (C=O) groups excluding carboxylic acids is 1. The number of carboxylic acids is 1. The lowest BCUT2D eigenvalue weighted by Gasteiger charge is -1.98. The molecule has 0 radical (unpaired) electrons. The van der Waals surface area contributed by atoms with Crippen LogP contribution in [-0.2, 0) is 17.9 Å². The van der Waals surface area contributed by atoms with Gasteiger partial charge >= 0.3 is 11.9 Å². The molecule has 2 aromatic heterocycles.